The summed E-state index contributed by atoms with van der Waals surface area (Å²) in [4.78, 5) is 43.2. The Morgan fingerprint density at radius 1 is 0.974 bits per heavy atom. The molecule has 39 heavy (non-hydrogen) atoms. The molecule has 2 rings (SSSR count). The molecule has 2 aromatic rings. The second-order valence-corrected chi connectivity index (χ2v) is 10.4. The number of benzene rings is 1. The van der Waals surface area contributed by atoms with Gasteiger partial charge in [-0.25, -0.2) is 0 Å². The van der Waals surface area contributed by atoms with Crippen LogP contribution in [0.15, 0.2) is 48.8 Å². The molecule has 0 aliphatic carbocycles. The Bertz CT molecular complexity index is 1160. The van der Waals surface area contributed by atoms with E-state index in [2.05, 4.69) is 20.9 Å². The number of rotatable bonds is 13. The highest BCUT2D eigenvalue weighted by Gasteiger charge is 2.36. The van der Waals surface area contributed by atoms with Gasteiger partial charge in [0.1, 0.15) is 17.9 Å². The summed E-state index contributed by atoms with van der Waals surface area (Å²) in [6, 6.07) is 8.66. The van der Waals surface area contributed by atoms with E-state index in [0.29, 0.717) is 30.5 Å². The summed E-state index contributed by atoms with van der Waals surface area (Å²) < 4.78 is 0. The smallest absolute Gasteiger partial charge is 0.243 e. The highest BCUT2D eigenvalue weighted by Crippen LogP contribution is 2.25. The van der Waals surface area contributed by atoms with Crippen molar-refractivity contribution < 1.29 is 14.4 Å². The maximum atomic E-state index is 13.7. The molecule has 0 unspecified atom stereocenters. The fraction of sp³-hybridized carbons (Fsp3) is 0.407. The summed E-state index contributed by atoms with van der Waals surface area (Å²) in [6.45, 7) is 5.78. The highest BCUT2D eigenvalue weighted by atomic mass is 16.2. The number of hydrogen-bond acceptors (Lipinski definition) is 6. The van der Waals surface area contributed by atoms with E-state index in [-0.39, 0.29) is 24.1 Å². The molecule has 3 atom stereocenters. The van der Waals surface area contributed by atoms with Crippen LogP contribution in [0, 0.1) is 16.2 Å². The highest BCUT2D eigenvalue weighted by molar-refractivity contribution is 5.95. The van der Waals surface area contributed by atoms with Gasteiger partial charge in [-0.3, -0.25) is 30.2 Å². The summed E-state index contributed by atoms with van der Waals surface area (Å²) in [5.41, 5.74) is 17.7. The van der Waals surface area contributed by atoms with Crippen LogP contribution in [0.1, 0.15) is 56.2 Å². The van der Waals surface area contributed by atoms with Crippen molar-refractivity contribution >= 4 is 29.5 Å². The minimum atomic E-state index is -0.971. The topological polar surface area (TPSA) is 226 Å². The molecule has 1 aromatic carbocycles. The lowest BCUT2D eigenvalue weighted by Gasteiger charge is -2.33. The van der Waals surface area contributed by atoms with Crippen molar-refractivity contribution in [3.8, 4) is 0 Å². The Morgan fingerprint density at radius 2 is 1.64 bits per heavy atom. The number of primary amides is 1. The quantitative estimate of drug-likeness (QED) is 0.102. The van der Waals surface area contributed by atoms with E-state index in [4.69, 9.17) is 28.0 Å². The number of carbonyl (C=O) groups excluding carboxylic acids is 3. The molecule has 12 nitrogen and oxygen atoms in total. The van der Waals surface area contributed by atoms with Gasteiger partial charge in [0.05, 0.1) is 5.92 Å². The second-order valence-electron chi connectivity index (χ2n) is 10.4. The molecule has 0 radical (unpaired) electrons. The van der Waals surface area contributed by atoms with Crippen molar-refractivity contribution in [1.29, 1.82) is 10.8 Å². The van der Waals surface area contributed by atoms with Crippen molar-refractivity contribution in [1.82, 2.24) is 20.9 Å². The molecule has 0 spiro atoms. The molecule has 0 fully saturated rings. The summed E-state index contributed by atoms with van der Waals surface area (Å²) in [7, 11) is 0. The molecule has 11 N–H and O–H groups in total. The number of amides is 3. The standard InChI is InChI=1S/C27H39N9O3/c1-27(2,3)21(25(39)35-20(23(30)37)7-5-13-34-26(31)32)36-24(38)19(18-6-4-12-33-15-18)14-16-8-10-17(11-9-16)22(28)29/h4,6,8-12,15,19-21H,5,7,13-14H2,1-3H3,(H3,28,29)(H2,30,37)(H,35,39)(H,36,38)(H4,31,32,34)/t19-,20+,21-/m1/s1. The van der Waals surface area contributed by atoms with Gasteiger partial charge in [-0.1, -0.05) is 51.1 Å². The Hall–Kier alpha value is -4.48. The first-order chi connectivity index (χ1) is 18.3. The molecule has 1 aromatic heterocycles. The van der Waals surface area contributed by atoms with E-state index < -0.39 is 35.2 Å². The molecule has 1 heterocycles. The average molecular weight is 538 g/mol. The molecule has 0 aliphatic rings. The Morgan fingerprint density at radius 3 is 2.15 bits per heavy atom. The van der Waals surface area contributed by atoms with Gasteiger partial charge in [0.25, 0.3) is 0 Å². The van der Waals surface area contributed by atoms with Gasteiger partial charge in [0.2, 0.25) is 17.7 Å². The zero-order valence-corrected chi connectivity index (χ0v) is 22.6. The third kappa shape index (κ3) is 9.72. The van der Waals surface area contributed by atoms with Crippen LogP contribution in [-0.2, 0) is 20.8 Å². The van der Waals surface area contributed by atoms with Crippen LogP contribution >= 0.6 is 0 Å². The van der Waals surface area contributed by atoms with Gasteiger partial charge in [-0.05, 0) is 41.9 Å². The average Bonchev–Trinajstić information content (AvgIpc) is 2.87. The fourth-order valence-electron chi connectivity index (χ4n) is 3.99. The number of carbonyl (C=O) groups is 3. The molecular formula is C27H39N9O3. The minimum Gasteiger partial charge on any atom is -0.384 e. The zero-order valence-electron chi connectivity index (χ0n) is 22.6. The van der Waals surface area contributed by atoms with Crippen LogP contribution in [0.2, 0.25) is 0 Å². The third-order valence-electron chi connectivity index (χ3n) is 6.17. The number of guanidine groups is 1. The van der Waals surface area contributed by atoms with Gasteiger partial charge < -0.3 is 33.2 Å². The maximum absolute atomic E-state index is 13.7. The number of nitrogens with zero attached hydrogens (tertiary/aromatic N) is 1. The van der Waals surface area contributed by atoms with Crippen molar-refractivity contribution in [3.63, 3.8) is 0 Å². The predicted octanol–water partition coefficient (Wildman–Crippen LogP) is 0.456. The maximum Gasteiger partial charge on any atom is 0.243 e. The normalized spacial score (nSPS) is 13.4. The lowest BCUT2D eigenvalue weighted by molar-refractivity contribution is -0.134. The summed E-state index contributed by atoms with van der Waals surface area (Å²) in [5.74, 6) is -2.52. The van der Waals surface area contributed by atoms with E-state index in [0.717, 1.165) is 5.56 Å². The van der Waals surface area contributed by atoms with Gasteiger partial charge in [-0.15, -0.1) is 0 Å². The second kappa shape index (κ2) is 13.9. The molecule has 3 amide bonds. The molecule has 0 aliphatic heterocycles. The number of hydrogen-bond donors (Lipinski definition) is 8. The van der Waals surface area contributed by atoms with Crippen molar-refractivity contribution in [2.75, 3.05) is 6.54 Å². The van der Waals surface area contributed by atoms with Crippen LogP contribution in [0.4, 0.5) is 0 Å². The van der Waals surface area contributed by atoms with Gasteiger partial charge in [0, 0.05) is 24.5 Å². The van der Waals surface area contributed by atoms with E-state index in [1.54, 1.807) is 48.8 Å². The van der Waals surface area contributed by atoms with E-state index in [1.807, 2.05) is 20.8 Å². The first kappa shape index (κ1) is 30.7. The monoisotopic (exact) mass is 537 g/mol. The van der Waals surface area contributed by atoms with Crippen LogP contribution in [0.3, 0.4) is 0 Å². The minimum absolute atomic E-state index is 0.0495. The van der Waals surface area contributed by atoms with E-state index >= 15 is 0 Å². The Balaban J connectivity index is 2.24. The third-order valence-corrected chi connectivity index (χ3v) is 6.17. The number of amidine groups is 1. The summed E-state index contributed by atoms with van der Waals surface area (Å²) in [5, 5.41) is 23.0. The summed E-state index contributed by atoms with van der Waals surface area (Å²) in [6.07, 6.45) is 4.22. The molecular weight excluding hydrogens is 498 g/mol. The van der Waals surface area contributed by atoms with Crippen LogP contribution < -0.4 is 33.2 Å². The SMILES string of the molecule is CC(C)(C)[C@H](NC(=O)[C@H](Cc1ccc(C(=N)N)cc1)c1cccnc1)C(=O)N[C@@H](CCCNC(=N)N)C(N)=O. The largest absolute Gasteiger partial charge is 0.384 e. The molecule has 0 saturated heterocycles. The Labute approximate surface area is 228 Å². The van der Waals surface area contributed by atoms with Crippen LogP contribution in [0.25, 0.3) is 0 Å². The molecule has 12 heteroatoms. The zero-order chi connectivity index (χ0) is 29.2. The first-order valence-corrected chi connectivity index (χ1v) is 12.6. The van der Waals surface area contributed by atoms with Gasteiger partial charge in [0.15, 0.2) is 5.96 Å². The van der Waals surface area contributed by atoms with E-state index in [9.17, 15) is 14.4 Å². The summed E-state index contributed by atoms with van der Waals surface area (Å²) >= 11 is 0. The molecule has 0 saturated carbocycles. The van der Waals surface area contributed by atoms with Crippen molar-refractivity contribution in [3.05, 3.63) is 65.5 Å². The predicted molar refractivity (Wildman–Crippen MR) is 150 cm³/mol. The van der Waals surface area contributed by atoms with Crippen LogP contribution in [-0.4, -0.2) is 53.1 Å². The number of aromatic nitrogens is 1. The number of pyridine rings is 1. The number of nitrogen functional groups attached to an aromatic ring is 1. The van der Waals surface area contributed by atoms with Gasteiger partial charge >= 0.3 is 0 Å². The van der Waals surface area contributed by atoms with Crippen LogP contribution in [0.5, 0.6) is 0 Å². The van der Waals surface area contributed by atoms with Gasteiger partial charge in [-0.2, -0.15) is 0 Å². The molecule has 0 bridgehead atoms. The lowest BCUT2D eigenvalue weighted by atomic mass is 9.84. The van der Waals surface area contributed by atoms with E-state index in [1.165, 1.54) is 0 Å². The van der Waals surface area contributed by atoms with Crippen molar-refractivity contribution in [2.45, 2.75) is 58.0 Å². The van der Waals surface area contributed by atoms with Crippen molar-refractivity contribution in [2.24, 2.45) is 22.6 Å². The Kier molecular flexibility index (Phi) is 10.9. The number of nitrogens with one attached hydrogen (secondary N) is 5. The lowest BCUT2D eigenvalue weighted by Crippen LogP contribution is -2.58. The molecule has 210 valence electrons. The fourth-order valence-corrected chi connectivity index (χ4v) is 3.99. The number of nitrogens with two attached hydrogens (primary N) is 3. The first-order valence-electron chi connectivity index (χ1n) is 12.6.